The summed E-state index contributed by atoms with van der Waals surface area (Å²) in [6, 6.07) is 3.53. The average molecular weight is 505 g/mol. The number of hydrogen-bond donors (Lipinski definition) is 0. The smallest absolute Gasteiger partial charge is 0.421 e. The van der Waals surface area contributed by atoms with Crippen molar-refractivity contribution in [1.29, 1.82) is 0 Å². The molecule has 4 amide bonds. The van der Waals surface area contributed by atoms with Gasteiger partial charge in [-0.2, -0.15) is 0 Å². The Morgan fingerprint density at radius 1 is 0.889 bits per heavy atom. The summed E-state index contributed by atoms with van der Waals surface area (Å²) in [5, 5.41) is 0. The second-order valence-corrected chi connectivity index (χ2v) is 10.6. The number of rotatable bonds is 4. The fourth-order valence-corrected chi connectivity index (χ4v) is 3.52. The molecule has 198 valence electrons. The van der Waals surface area contributed by atoms with Gasteiger partial charge >= 0.3 is 12.2 Å². The van der Waals surface area contributed by atoms with Crippen LogP contribution in [0.5, 0.6) is 11.5 Å². The van der Waals surface area contributed by atoms with E-state index in [2.05, 4.69) is 0 Å². The quantitative estimate of drug-likeness (QED) is 0.547. The van der Waals surface area contributed by atoms with E-state index < -0.39 is 47.2 Å². The van der Waals surface area contributed by atoms with Gasteiger partial charge in [-0.3, -0.25) is 9.59 Å². The first kappa shape index (κ1) is 28.7. The van der Waals surface area contributed by atoms with Crippen molar-refractivity contribution in [1.82, 2.24) is 9.80 Å². The van der Waals surface area contributed by atoms with E-state index in [1.165, 1.54) is 20.3 Å². The number of imide groups is 2. The van der Waals surface area contributed by atoms with Crippen LogP contribution in [0.25, 0.3) is 6.08 Å². The van der Waals surface area contributed by atoms with Crippen LogP contribution in [0.1, 0.15) is 61.0 Å². The molecule has 1 aromatic rings. The SMILES string of the molecule is COc1ccc(/C=C2/C(=O)N(C(=O)OC(C)(C)C)[C@@H](C(C)C)C(=O)N2C(=O)OC(C)(C)C)cc1OC. The lowest BCUT2D eigenvalue weighted by Crippen LogP contribution is -2.64. The van der Waals surface area contributed by atoms with Crippen molar-refractivity contribution in [2.45, 2.75) is 72.6 Å². The molecule has 1 saturated heterocycles. The Morgan fingerprint density at radius 2 is 1.42 bits per heavy atom. The number of carbonyl (C=O) groups is 4. The highest BCUT2D eigenvalue weighted by molar-refractivity contribution is 6.17. The van der Waals surface area contributed by atoms with Crippen LogP contribution in [0.2, 0.25) is 0 Å². The summed E-state index contributed by atoms with van der Waals surface area (Å²) in [7, 11) is 2.93. The van der Waals surface area contributed by atoms with E-state index in [0.717, 1.165) is 4.90 Å². The summed E-state index contributed by atoms with van der Waals surface area (Å²) in [4.78, 5) is 55.2. The molecule has 0 unspecified atom stereocenters. The molecule has 0 radical (unpaired) electrons. The molecule has 10 heteroatoms. The Bertz CT molecular complexity index is 1060. The minimum Gasteiger partial charge on any atom is -0.493 e. The van der Waals surface area contributed by atoms with Gasteiger partial charge in [-0.1, -0.05) is 19.9 Å². The van der Waals surface area contributed by atoms with Gasteiger partial charge in [0.15, 0.2) is 11.5 Å². The first-order valence-corrected chi connectivity index (χ1v) is 11.6. The van der Waals surface area contributed by atoms with Crippen LogP contribution < -0.4 is 9.47 Å². The van der Waals surface area contributed by atoms with E-state index in [1.54, 1.807) is 73.6 Å². The highest BCUT2D eigenvalue weighted by Gasteiger charge is 2.51. The molecule has 36 heavy (non-hydrogen) atoms. The maximum absolute atomic E-state index is 13.8. The summed E-state index contributed by atoms with van der Waals surface area (Å²) < 4.78 is 21.4. The first-order valence-electron chi connectivity index (χ1n) is 11.6. The summed E-state index contributed by atoms with van der Waals surface area (Å²) in [5.41, 5.74) is -1.80. The summed E-state index contributed by atoms with van der Waals surface area (Å²) in [5.74, 6) is -1.35. The number of nitrogens with zero attached hydrogens (tertiary/aromatic N) is 2. The number of benzene rings is 1. The van der Waals surface area contributed by atoms with Crippen molar-refractivity contribution < 1.29 is 38.1 Å². The van der Waals surface area contributed by atoms with E-state index in [-0.39, 0.29) is 5.70 Å². The van der Waals surface area contributed by atoms with E-state index in [4.69, 9.17) is 18.9 Å². The minimum atomic E-state index is -1.28. The van der Waals surface area contributed by atoms with E-state index >= 15 is 0 Å². The third-order valence-corrected chi connectivity index (χ3v) is 4.94. The number of piperazine rings is 1. The number of hydrogen-bond acceptors (Lipinski definition) is 8. The molecule has 1 aliphatic heterocycles. The molecule has 1 fully saturated rings. The average Bonchev–Trinajstić information content (AvgIpc) is 2.72. The Labute approximate surface area is 212 Å². The maximum atomic E-state index is 13.8. The fraction of sp³-hybridized carbons (Fsp3) is 0.538. The summed E-state index contributed by atoms with van der Waals surface area (Å²) in [6.45, 7) is 13.2. The van der Waals surface area contributed by atoms with Crippen molar-refractivity contribution in [2.75, 3.05) is 14.2 Å². The molecule has 1 atom stereocenters. The molecule has 10 nitrogen and oxygen atoms in total. The van der Waals surface area contributed by atoms with Gasteiger partial charge in [0.2, 0.25) is 0 Å². The molecule has 0 spiro atoms. The first-order chi connectivity index (χ1) is 16.5. The van der Waals surface area contributed by atoms with Crippen LogP contribution in [-0.4, -0.2) is 65.3 Å². The van der Waals surface area contributed by atoms with Gasteiger partial charge < -0.3 is 18.9 Å². The van der Waals surface area contributed by atoms with Crippen molar-refractivity contribution in [2.24, 2.45) is 5.92 Å². The van der Waals surface area contributed by atoms with Crippen LogP contribution in [0.3, 0.4) is 0 Å². The largest absolute Gasteiger partial charge is 0.493 e. The fourth-order valence-electron chi connectivity index (χ4n) is 3.52. The zero-order chi connectivity index (χ0) is 27.6. The Morgan fingerprint density at radius 3 is 1.89 bits per heavy atom. The third kappa shape index (κ3) is 6.56. The second kappa shape index (κ2) is 10.6. The third-order valence-electron chi connectivity index (χ3n) is 4.94. The Balaban J connectivity index is 2.73. The van der Waals surface area contributed by atoms with Crippen LogP contribution >= 0.6 is 0 Å². The monoisotopic (exact) mass is 504 g/mol. The number of ether oxygens (including phenoxy) is 4. The maximum Gasteiger partial charge on any atom is 0.421 e. The second-order valence-electron chi connectivity index (χ2n) is 10.6. The van der Waals surface area contributed by atoms with Gasteiger partial charge in [-0.05, 0) is 71.2 Å². The summed E-state index contributed by atoms with van der Waals surface area (Å²) in [6.07, 6.45) is -0.691. The molecule has 0 aromatic heterocycles. The lowest BCUT2D eigenvalue weighted by Gasteiger charge is -2.41. The number of amides is 4. The van der Waals surface area contributed by atoms with E-state index in [0.29, 0.717) is 22.0 Å². The van der Waals surface area contributed by atoms with Crippen molar-refractivity contribution >= 4 is 30.1 Å². The zero-order valence-corrected chi connectivity index (χ0v) is 22.6. The van der Waals surface area contributed by atoms with Crippen molar-refractivity contribution in [3.05, 3.63) is 29.5 Å². The van der Waals surface area contributed by atoms with Crippen LogP contribution in [-0.2, 0) is 19.1 Å². The minimum absolute atomic E-state index is 0.357. The van der Waals surface area contributed by atoms with Gasteiger partial charge in [-0.15, -0.1) is 0 Å². The van der Waals surface area contributed by atoms with E-state index in [9.17, 15) is 19.2 Å². The predicted octanol–water partition coefficient (Wildman–Crippen LogP) is 4.61. The zero-order valence-electron chi connectivity index (χ0n) is 22.6. The number of carbonyl (C=O) groups excluding carboxylic acids is 4. The molecule has 1 aromatic carbocycles. The molecular weight excluding hydrogens is 468 g/mol. The van der Waals surface area contributed by atoms with Gasteiger partial charge in [0.25, 0.3) is 11.8 Å². The number of methoxy groups -OCH3 is 2. The topological polar surface area (TPSA) is 112 Å². The Kier molecular flexibility index (Phi) is 8.44. The lowest BCUT2D eigenvalue weighted by atomic mass is 9.97. The predicted molar refractivity (Wildman–Crippen MR) is 132 cm³/mol. The molecule has 2 rings (SSSR count). The van der Waals surface area contributed by atoms with Gasteiger partial charge in [0, 0.05) is 0 Å². The molecule has 0 aliphatic carbocycles. The standard InChI is InChI=1S/C26H36N2O8/c1-15(2)20-22(30)27(23(31)35-25(3,4)5)17(21(29)28(20)24(32)36-26(6,7)8)13-16-11-12-18(33-9)19(14-16)34-10/h11-15,20H,1-10H3/b17-13-/t20-/m0/s1. The molecule has 1 heterocycles. The van der Waals surface area contributed by atoms with Crippen molar-refractivity contribution in [3.8, 4) is 11.5 Å². The Hall–Kier alpha value is -3.56. The van der Waals surface area contributed by atoms with Crippen molar-refractivity contribution in [3.63, 3.8) is 0 Å². The summed E-state index contributed by atoms with van der Waals surface area (Å²) >= 11 is 0. The molecular formula is C26H36N2O8. The molecule has 0 N–H and O–H groups in total. The van der Waals surface area contributed by atoms with Gasteiger partial charge in [0.1, 0.15) is 22.9 Å². The van der Waals surface area contributed by atoms with E-state index in [1.807, 2.05) is 0 Å². The van der Waals surface area contributed by atoms with Crippen LogP contribution in [0.4, 0.5) is 9.59 Å². The highest BCUT2D eigenvalue weighted by Crippen LogP contribution is 2.33. The lowest BCUT2D eigenvalue weighted by molar-refractivity contribution is -0.151. The molecule has 0 bridgehead atoms. The molecule has 0 saturated carbocycles. The van der Waals surface area contributed by atoms with Crippen LogP contribution in [0.15, 0.2) is 23.9 Å². The highest BCUT2D eigenvalue weighted by atomic mass is 16.6. The normalized spacial score (nSPS) is 18.0. The van der Waals surface area contributed by atoms with Gasteiger partial charge in [-0.25, -0.2) is 19.4 Å². The van der Waals surface area contributed by atoms with Crippen LogP contribution in [0, 0.1) is 5.92 Å². The molecule has 1 aliphatic rings. The van der Waals surface area contributed by atoms with Gasteiger partial charge in [0.05, 0.1) is 14.2 Å².